The molecule has 1 aliphatic heterocycles. The second kappa shape index (κ2) is 9.28. The standard InChI is InChI=1S/C21H25ClN2O5S2/c1-3-30(26,27)19-9-5-4-8-18(19)23-21(25)16-10-11-17(22)20(13-16)31(28,29)24-12-6-7-15(2)14-24/h4-5,8-11,13,15H,3,6-7,12,14H2,1-2H3,(H,23,25). The lowest BCUT2D eigenvalue weighted by atomic mass is 10.0. The number of hydrogen-bond donors (Lipinski definition) is 1. The lowest BCUT2D eigenvalue weighted by molar-refractivity contribution is 0.102. The summed E-state index contributed by atoms with van der Waals surface area (Å²) >= 11 is 6.19. The Morgan fingerprint density at radius 2 is 1.84 bits per heavy atom. The summed E-state index contributed by atoms with van der Waals surface area (Å²) in [7, 11) is -7.42. The van der Waals surface area contributed by atoms with Crippen LogP contribution >= 0.6 is 11.6 Å². The van der Waals surface area contributed by atoms with Crippen LogP contribution < -0.4 is 5.32 Å². The third-order valence-electron chi connectivity index (χ3n) is 5.28. The number of para-hydroxylation sites is 1. The molecule has 0 radical (unpaired) electrons. The molecule has 1 N–H and O–H groups in total. The summed E-state index contributed by atoms with van der Waals surface area (Å²) in [5.74, 6) is -0.498. The van der Waals surface area contributed by atoms with E-state index in [2.05, 4.69) is 5.32 Å². The maximum Gasteiger partial charge on any atom is 0.255 e. The molecule has 1 amide bonds. The zero-order chi connectivity index (χ0) is 22.8. The Morgan fingerprint density at radius 3 is 2.52 bits per heavy atom. The average Bonchev–Trinajstić information content (AvgIpc) is 2.74. The Kier molecular flexibility index (Phi) is 7.10. The van der Waals surface area contributed by atoms with E-state index in [-0.39, 0.29) is 37.7 Å². The van der Waals surface area contributed by atoms with E-state index in [1.54, 1.807) is 12.1 Å². The van der Waals surface area contributed by atoms with Gasteiger partial charge in [0, 0.05) is 18.7 Å². The summed E-state index contributed by atoms with van der Waals surface area (Å²) in [5.41, 5.74) is 0.204. The van der Waals surface area contributed by atoms with Gasteiger partial charge in [-0.15, -0.1) is 0 Å². The van der Waals surface area contributed by atoms with Crippen LogP contribution in [0, 0.1) is 5.92 Å². The van der Waals surface area contributed by atoms with Gasteiger partial charge in [0.1, 0.15) is 4.90 Å². The maximum atomic E-state index is 13.1. The molecule has 1 fully saturated rings. The van der Waals surface area contributed by atoms with Crippen molar-refractivity contribution in [3.63, 3.8) is 0 Å². The number of hydrogen-bond acceptors (Lipinski definition) is 5. The van der Waals surface area contributed by atoms with Crippen LogP contribution in [0.3, 0.4) is 0 Å². The van der Waals surface area contributed by atoms with Gasteiger partial charge >= 0.3 is 0 Å². The molecule has 31 heavy (non-hydrogen) atoms. The molecule has 168 valence electrons. The monoisotopic (exact) mass is 484 g/mol. The number of rotatable bonds is 6. The van der Waals surface area contributed by atoms with Crippen molar-refractivity contribution in [2.24, 2.45) is 5.92 Å². The van der Waals surface area contributed by atoms with Gasteiger partial charge in [-0.05, 0) is 49.1 Å². The predicted molar refractivity (Wildman–Crippen MR) is 121 cm³/mol. The highest BCUT2D eigenvalue weighted by atomic mass is 35.5. The molecule has 0 spiro atoms. The Hall–Kier alpha value is -1.94. The molecule has 1 atom stereocenters. The van der Waals surface area contributed by atoms with Gasteiger partial charge in [0.25, 0.3) is 5.91 Å². The Bertz CT molecular complexity index is 1200. The molecule has 10 heteroatoms. The van der Waals surface area contributed by atoms with Crippen molar-refractivity contribution in [3.05, 3.63) is 53.1 Å². The summed E-state index contributed by atoms with van der Waals surface area (Å²) in [6, 6.07) is 10.1. The van der Waals surface area contributed by atoms with Gasteiger partial charge in [-0.3, -0.25) is 4.79 Å². The van der Waals surface area contributed by atoms with Crippen molar-refractivity contribution in [1.29, 1.82) is 0 Å². The number of nitrogens with one attached hydrogen (secondary N) is 1. The third-order valence-corrected chi connectivity index (χ3v) is 9.41. The van der Waals surface area contributed by atoms with Crippen molar-refractivity contribution in [2.45, 2.75) is 36.5 Å². The number of benzene rings is 2. The molecular weight excluding hydrogens is 460 g/mol. The van der Waals surface area contributed by atoms with Gasteiger partial charge in [-0.2, -0.15) is 4.31 Å². The Labute approximate surface area is 188 Å². The minimum atomic E-state index is -3.86. The van der Waals surface area contributed by atoms with Crippen LogP contribution in [0.1, 0.15) is 37.0 Å². The van der Waals surface area contributed by atoms with Crippen molar-refractivity contribution in [3.8, 4) is 0 Å². The largest absolute Gasteiger partial charge is 0.321 e. The van der Waals surface area contributed by atoms with E-state index < -0.39 is 25.8 Å². The molecule has 2 aromatic carbocycles. The van der Waals surface area contributed by atoms with Crippen LogP contribution in [0.2, 0.25) is 5.02 Å². The molecule has 1 saturated heterocycles. The number of sulfone groups is 1. The number of halogens is 1. The molecule has 7 nitrogen and oxygen atoms in total. The van der Waals surface area contributed by atoms with Gasteiger partial charge in [-0.1, -0.05) is 37.6 Å². The summed E-state index contributed by atoms with van der Waals surface area (Å²) in [4.78, 5) is 12.7. The highest BCUT2D eigenvalue weighted by Crippen LogP contribution is 2.30. The van der Waals surface area contributed by atoms with Crippen molar-refractivity contribution >= 4 is 43.1 Å². The maximum absolute atomic E-state index is 13.1. The second-order valence-corrected chi connectivity index (χ2v) is 12.2. The number of piperidine rings is 1. The van der Waals surface area contributed by atoms with Crippen LogP contribution in [0.25, 0.3) is 0 Å². The lowest BCUT2D eigenvalue weighted by Crippen LogP contribution is -2.39. The first-order valence-corrected chi connectivity index (χ1v) is 13.5. The smallest absolute Gasteiger partial charge is 0.255 e. The molecule has 3 rings (SSSR count). The zero-order valence-corrected chi connectivity index (χ0v) is 19.7. The average molecular weight is 485 g/mol. The Morgan fingerprint density at radius 1 is 1.13 bits per heavy atom. The highest BCUT2D eigenvalue weighted by Gasteiger charge is 2.31. The number of amides is 1. The number of anilines is 1. The SMILES string of the molecule is CCS(=O)(=O)c1ccccc1NC(=O)c1ccc(Cl)c(S(=O)(=O)N2CCCC(C)C2)c1. The van der Waals surface area contributed by atoms with Crippen molar-refractivity contribution in [2.75, 3.05) is 24.2 Å². The van der Waals surface area contributed by atoms with Crippen LogP contribution in [0.4, 0.5) is 5.69 Å². The van der Waals surface area contributed by atoms with E-state index in [9.17, 15) is 21.6 Å². The van der Waals surface area contributed by atoms with Crippen LogP contribution in [-0.4, -0.2) is 45.9 Å². The number of nitrogens with zero attached hydrogens (tertiary/aromatic N) is 1. The minimum absolute atomic E-state index is 0.00922. The van der Waals surface area contributed by atoms with E-state index in [1.807, 2.05) is 6.92 Å². The molecule has 1 aliphatic rings. The quantitative estimate of drug-likeness (QED) is 0.671. The molecule has 0 bridgehead atoms. The van der Waals surface area contributed by atoms with E-state index in [0.717, 1.165) is 12.8 Å². The van der Waals surface area contributed by atoms with E-state index in [0.29, 0.717) is 13.1 Å². The highest BCUT2D eigenvalue weighted by molar-refractivity contribution is 7.91. The molecule has 0 aliphatic carbocycles. The molecule has 1 unspecified atom stereocenters. The van der Waals surface area contributed by atoms with E-state index in [1.165, 1.54) is 41.6 Å². The number of carbonyl (C=O) groups is 1. The zero-order valence-electron chi connectivity index (χ0n) is 17.3. The molecule has 2 aromatic rings. The lowest BCUT2D eigenvalue weighted by Gasteiger charge is -2.30. The first-order valence-electron chi connectivity index (χ1n) is 9.99. The first-order chi connectivity index (χ1) is 14.6. The van der Waals surface area contributed by atoms with Gasteiger partial charge in [0.05, 0.1) is 21.4 Å². The number of sulfonamides is 1. The van der Waals surface area contributed by atoms with E-state index in [4.69, 9.17) is 11.6 Å². The summed E-state index contributed by atoms with van der Waals surface area (Å²) < 4.78 is 52.3. The second-order valence-electron chi connectivity index (χ2n) is 7.61. The summed E-state index contributed by atoms with van der Waals surface area (Å²) in [6.07, 6.45) is 1.73. The fourth-order valence-electron chi connectivity index (χ4n) is 3.54. The van der Waals surface area contributed by atoms with E-state index >= 15 is 0 Å². The van der Waals surface area contributed by atoms with Crippen LogP contribution in [-0.2, 0) is 19.9 Å². The van der Waals surface area contributed by atoms with Crippen molar-refractivity contribution < 1.29 is 21.6 Å². The molecule has 0 aromatic heterocycles. The molecular formula is C21H25ClN2O5S2. The van der Waals surface area contributed by atoms with Crippen LogP contribution in [0.15, 0.2) is 52.3 Å². The Balaban J connectivity index is 1.93. The van der Waals surface area contributed by atoms with Gasteiger partial charge in [-0.25, -0.2) is 16.8 Å². The van der Waals surface area contributed by atoms with Gasteiger partial charge in [0.2, 0.25) is 10.0 Å². The minimum Gasteiger partial charge on any atom is -0.321 e. The fraction of sp³-hybridized carbons (Fsp3) is 0.381. The third kappa shape index (κ3) is 5.11. The van der Waals surface area contributed by atoms with Crippen LogP contribution in [0.5, 0.6) is 0 Å². The van der Waals surface area contributed by atoms with Crippen molar-refractivity contribution in [1.82, 2.24) is 4.31 Å². The fourth-order valence-corrected chi connectivity index (χ4v) is 6.69. The number of carbonyl (C=O) groups excluding carboxylic acids is 1. The molecule has 1 heterocycles. The topological polar surface area (TPSA) is 101 Å². The first kappa shape index (κ1) is 23.7. The summed E-state index contributed by atoms with van der Waals surface area (Å²) in [6.45, 7) is 4.32. The van der Waals surface area contributed by atoms with Gasteiger partial charge in [0.15, 0.2) is 9.84 Å². The predicted octanol–water partition coefficient (Wildman–Crippen LogP) is 3.81. The summed E-state index contributed by atoms with van der Waals surface area (Å²) in [5, 5.41) is 2.61. The molecule has 0 saturated carbocycles. The normalized spacial score (nSPS) is 18.0. The van der Waals surface area contributed by atoms with Gasteiger partial charge < -0.3 is 5.32 Å².